The number of rotatable bonds is 2. The molecular weight excluding hydrogens is 260 g/mol. The summed E-state index contributed by atoms with van der Waals surface area (Å²) in [6.45, 7) is 0. The number of hydrogen-bond donors (Lipinski definition) is 0. The molecule has 0 heterocycles. The average molecular weight is 266 g/mol. The number of para-hydroxylation sites is 1. The van der Waals surface area contributed by atoms with Gasteiger partial charge in [0, 0.05) is 0 Å². The molecule has 0 bridgehead atoms. The van der Waals surface area contributed by atoms with Crippen LogP contribution in [-0.4, -0.2) is 18.1 Å². The normalized spacial score (nSPS) is 14.2. The van der Waals surface area contributed by atoms with E-state index in [-0.39, 0.29) is 11.8 Å². The molecule has 18 heavy (non-hydrogen) atoms. The van der Waals surface area contributed by atoms with E-state index in [4.69, 9.17) is 0 Å². The predicted octanol–water partition coefficient (Wildman–Crippen LogP) is 4.24. The van der Waals surface area contributed by atoms with Crippen molar-refractivity contribution in [1.29, 1.82) is 0 Å². The van der Waals surface area contributed by atoms with Gasteiger partial charge in [0.25, 0.3) is 0 Å². The first-order valence-electron chi connectivity index (χ1n) is 4.57. The van der Waals surface area contributed by atoms with Crippen molar-refractivity contribution in [3.63, 3.8) is 0 Å². The summed E-state index contributed by atoms with van der Waals surface area (Å²) in [5, 5.41) is 0. The van der Waals surface area contributed by atoms with Crippen LogP contribution in [0.15, 0.2) is 41.4 Å². The molecule has 97 valence electrons. The van der Waals surface area contributed by atoms with Crippen LogP contribution in [-0.2, 0) is 0 Å². The number of aliphatic imine (C=N–C) groups is 1. The van der Waals surface area contributed by atoms with Crippen LogP contribution in [0.25, 0.3) is 0 Å². The van der Waals surface area contributed by atoms with Gasteiger partial charge in [-0.3, -0.25) is 0 Å². The van der Waals surface area contributed by atoms with Gasteiger partial charge in [-0.15, -0.1) is 0 Å². The monoisotopic (exact) mass is 266 g/mol. The summed E-state index contributed by atoms with van der Waals surface area (Å²) >= 11 is 0. The Balaban J connectivity index is 3.08. The van der Waals surface area contributed by atoms with Crippen LogP contribution in [0, 0.1) is 6.08 Å². The first kappa shape index (κ1) is 14.3. The Kier molecular flexibility index (Phi) is 4.15. The van der Waals surface area contributed by atoms with Crippen molar-refractivity contribution < 1.29 is 26.3 Å². The first-order chi connectivity index (χ1) is 8.18. The fourth-order valence-corrected chi connectivity index (χ4v) is 0.969. The first-order valence-corrected chi connectivity index (χ1v) is 4.57. The summed E-state index contributed by atoms with van der Waals surface area (Å²) in [5.41, 5.74) is -1.75. The van der Waals surface area contributed by atoms with E-state index in [9.17, 15) is 26.3 Å². The molecule has 0 atom stereocenters. The quantitative estimate of drug-likeness (QED) is 0.560. The lowest BCUT2D eigenvalue weighted by Gasteiger charge is -2.06. The van der Waals surface area contributed by atoms with E-state index in [0.29, 0.717) is 6.08 Å². The Morgan fingerprint density at radius 1 is 1.00 bits per heavy atom. The zero-order valence-corrected chi connectivity index (χ0v) is 8.68. The van der Waals surface area contributed by atoms with Gasteiger partial charge >= 0.3 is 12.4 Å². The number of nitrogens with zero attached hydrogens (tertiary/aromatic N) is 1. The second-order valence-corrected chi connectivity index (χ2v) is 3.12. The average Bonchev–Trinajstić information content (AvgIpc) is 2.22. The SMILES string of the molecule is FC(F)(F)[C]=CC(=Nc1ccccc1)C(F)(F)F. The molecule has 0 amide bonds. The summed E-state index contributed by atoms with van der Waals surface area (Å²) in [4.78, 5) is 3.11. The Labute approximate surface area is 98.5 Å². The maximum Gasteiger partial charge on any atom is 0.433 e. The molecule has 1 radical (unpaired) electrons. The second kappa shape index (κ2) is 5.24. The van der Waals surface area contributed by atoms with Gasteiger partial charge in [0.1, 0.15) is 5.71 Å². The van der Waals surface area contributed by atoms with Crippen LogP contribution in [0.4, 0.5) is 32.0 Å². The highest BCUT2D eigenvalue weighted by molar-refractivity contribution is 6.00. The molecule has 1 aromatic rings. The van der Waals surface area contributed by atoms with Crippen molar-refractivity contribution in [1.82, 2.24) is 0 Å². The third-order valence-corrected chi connectivity index (χ3v) is 1.67. The minimum atomic E-state index is -4.98. The van der Waals surface area contributed by atoms with Crippen molar-refractivity contribution in [3.05, 3.63) is 42.5 Å². The van der Waals surface area contributed by atoms with Crippen LogP contribution < -0.4 is 0 Å². The van der Waals surface area contributed by atoms with Crippen LogP contribution in [0.3, 0.4) is 0 Å². The van der Waals surface area contributed by atoms with Gasteiger partial charge < -0.3 is 0 Å². The van der Waals surface area contributed by atoms with Gasteiger partial charge in [0.15, 0.2) is 0 Å². The fraction of sp³-hybridized carbons (Fsp3) is 0.182. The van der Waals surface area contributed by atoms with Crippen molar-refractivity contribution in [2.24, 2.45) is 4.99 Å². The van der Waals surface area contributed by atoms with Gasteiger partial charge in [0.05, 0.1) is 11.8 Å². The van der Waals surface area contributed by atoms with E-state index in [1.54, 1.807) is 6.07 Å². The van der Waals surface area contributed by atoms with Gasteiger partial charge in [-0.05, 0) is 18.2 Å². The lowest BCUT2D eigenvalue weighted by molar-refractivity contribution is -0.0877. The van der Waals surface area contributed by atoms with Gasteiger partial charge in [0.2, 0.25) is 0 Å². The van der Waals surface area contributed by atoms with Gasteiger partial charge in [-0.25, -0.2) is 4.99 Å². The molecule has 1 aromatic carbocycles. The van der Waals surface area contributed by atoms with E-state index in [2.05, 4.69) is 4.99 Å². The van der Waals surface area contributed by atoms with E-state index < -0.39 is 18.1 Å². The molecular formula is C11H6F6N. The summed E-state index contributed by atoms with van der Waals surface area (Å²) in [6.07, 6.45) is -9.46. The van der Waals surface area contributed by atoms with Crippen LogP contribution in [0.5, 0.6) is 0 Å². The van der Waals surface area contributed by atoms with Crippen molar-refractivity contribution in [2.75, 3.05) is 0 Å². The predicted molar refractivity (Wildman–Crippen MR) is 53.5 cm³/mol. The number of alkyl halides is 6. The molecule has 0 fully saturated rings. The van der Waals surface area contributed by atoms with Gasteiger partial charge in [-0.2, -0.15) is 26.3 Å². The Morgan fingerprint density at radius 3 is 2.00 bits per heavy atom. The molecule has 0 spiro atoms. The van der Waals surface area contributed by atoms with Crippen molar-refractivity contribution in [2.45, 2.75) is 12.4 Å². The second-order valence-electron chi connectivity index (χ2n) is 3.12. The van der Waals surface area contributed by atoms with E-state index in [1.165, 1.54) is 24.3 Å². The fourth-order valence-electron chi connectivity index (χ4n) is 0.969. The highest BCUT2D eigenvalue weighted by atomic mass is 19.4. The van der Waals surface area contributed by atoms with Crippen LogP contribution >= 0.6 is 0 Å². The molecule has 0 saturated carbocycles. The Bertz CT molecular complexity index is 441. The summed E-state index contributed by atoms with van der Waals surface area (Å²) in [5.74, 6) is 0. The third-order valence-electron chi connectivity index (χ3n) is 1.67. The molecule has 0 aromatic heterocycles. The molecule has 0 N–H and O–H groups in total. The summed E-state index contributed by atoms with van der Waals surface area (Å²) in [6, 6.07) is 6.87. The largest absolute Gasteiger partial charge is 0.433 e. The number of halogens is 6. The highest BCUT2D eigenvalue weighted by Gasteiger charge is 2.35. The molecule has 0 saturated heterocycles. The molecule has 0 unspecified atom stereocenters. The molecule has 1 rings (SSSR count). The Hall–Kier alpha value is -1.79. The van der Waals surface area contributed by atoms with Crippen LogP contribution in [0.1, 0.15) is 0 Å². The molecule has 1 nitrogen and oxygen atoms in total. The smallest absolute Gasteiger partial charge is 0.244 e. The molecule has 0 aliphatic carbocycles. The summed E-state index contributed by atoms with van der Waals surface area (Å²) in [7, 11) is 0. The summed E-state index contributed by atoms with van der Waals surface area (Å²) < 4.78 is 72.6. The molecule has 0 aliphatic heterocycles. The van der Waals surface area contributed by atoms with Crippen molar-refractivity contribution >= 4 is 11.4 Å². The maximum atomic E-state index is 12.4. The standard InChI is InChI=1S/C11H6F6N/c12-10(13,14)7-6-9(11(15,16)17)18-8-4-2-1-3-5-8/h1-6H. The van der Waals surface area contributed by atoms with Gasteiger partial charge in [-0.1, -0.05) is 18.2 Å². The van der Waals surface area contributed by atoms with E-state index in [1.807, 2.05) is 0 Å². The number of benzene rings is 1. The zero-order valence-electron chi connectivity index (χ0n) is 8.68. The minimum absolute atomic E-state index is 0.0925. The highest BCUT2D eigenvalue weighted by Crippen LogP contribution is 2.24. The van der Waals surface area contributed by atoms with Crippen molar-refractivity contribution in [3.8, 4) is 0 Å². The number of hydrogen-bond acceptors (Lipinski definition) is 1. The Morgan fingerprint density at radius 2 is 1.56 bits per heavy atom. The lowest BCUT2D eigenvalue weighted by Crippen LogP contribution is -2.21. The zero-order chi connectivity index (χ0) is 13.8. The minimum Gasteiger partial charge on any atom is -0.244 e. The van der Waals surface area contributed by atoms with Crippen LogP contribution in [0.2, 0.25) is 0 Å². The third kappa shape index (κ3) is 5.03. The lowest BCUT2D eigenvalue weighted by atomic mass is 10.3. The number of allylic oxidation sites excluding steroid dienone is 2. The molecule has 0 aliphatic rings. The topological polar surface area (TPSA) is 12.4 Å². The maximum absolute atomic E-state index is 12.4. The van der Waals surface area contributed by atoms with E-state index in [0.717, 1.165) is 0 Å². The van der Waals surface area contributed by atoms with E-state index >= 15 is 0 Å². The molecule has 7 heteroatoms.